The Labute approximate surface area is 174 Å². The molecule has 0 fully saturated rings. The van der Waals surface area contributed by atoms with Gasteiger partial charge >= 0.3 is 0 Å². The smallest absolute Gasteiger partial charge is 0.246 e. The number of nitrogens with one attached hydrogen (secondary N) is 2. The number of carbonyl (C=O) groups excluding carboxylic acids is 1. The summed E-state index contributed by atoms with van der Waals surface area (Å²) in [5.74, 6) is 0.880. The van der Waals surface area contributed by atoms with Crippen molar-refractivity contribution in [1.82, 2.24) is 19.7 Å². The van der Waals surface area contributed by atoms with Crippen LogP contribution in [0.3, 0.4) is 0 Å². The third kappa shape index (κ3) is 3.83. The Kier molecular flexibility index (Phi) is 5.11. The van der Waals surface area contributed by atoms with Gasteiger partial charge in [0.05, 0.1) is 18.4 Å². The predicted octanol–water partition coefficient (Wildman–Crippen LogP) is 2.87. The van der Waals surface area contributed by atoms with Gasteiger partial charge in [-0.15, -0.1) is 0 Å². The van der Waals surface area contributed by atoms with Crippen molar-refractivity contribution >= 4 is 23.4 Å². The van der Waals surface area contributed by atoms with Gasteiger partial charge < -0.3 is 15.5 Å². The summed E-state index contributed by atoms with van der Waals surface area (Å²) in [5.41, 5.74) is 4.25. The van der Waals surface area contributed by atoms with Crippen molar-refractivity contribution in [3.63, 3.8) is 0 Å². The topological polar surface area (TPSA) is 88.0 Å². The molecule has 1 atom stereocenters. The van der Waals surface area contributed by atoms with Gasteiger partial charge in [0, 0.05) is 25.4 Å². The molecule has 0 unspecified atom stereocenters. The van der Waals surface area contributed by atoms with Crippen molar-refractivity contribution in [2.24, 2.45) is 0 Å². The van der Waals surface area contributed by atoms with E-state index in [9.17, 15) is 9.18 Å². The van der Waals surface area contributed by atoms with E-state index in [1.807, 2.05) is 43.6 Å². The number of aryl methyl sites for hydroxylation is 2. The highest BCUT2D eigenvalue weighted by atomic mass is 19.1. The van der Waals surface area contributed by atoms with Gasteiger partial charge in [0.15, 0.2) is 5.82 Å². The van der Waals surface area contributed by atoms with Crippen LogP contribution in [0.25, 0.3) is 0 Å². The molecule has 1 aromatic carbocycles. The standard InChI is InChI=1S/C21H24FN7O/c1-12-7-17(22)6-5-16(12)11-29-10-15(9-24-29)8-23-21-25-13(2)18-19(27-21)28(4)14(3)20(30)26-18/h5-7,9-10,14H,8,11H2,1-4H3,(H,26,30)(H,23,25,27)/t14-/m0/s1. The van der Waals surface area contributed by atoms with E-state index in [2.05, 4.69) is 25.7 Å². The Morgan fingerprint density at radius 1 is 1.27 bits per heavy atom. The van der Waals surface area contributed by atoms with Crippen LogP contribution in [0.5, 0.6) is 0 Å². The van der Waals surface area contributed by atoms with Gasteiger partial charge in [-0.25, -0.2) is 9.37 Å². The summed E-state index contributed by atoms with van der Waals surface area (Å²) in [4.78, 5) is 22.9. The number of benzene rings is 1. The van der Waals surface area contributed by atoms with E-state index in [0.717, 1.165) is 16.7 Å². The van der Waals surface area contributed by atoms with Gasteiger partial charge in [-0.1, -0.05) is 6.07 Å². The molecule has 4 rings (SSSR count). The van der Waals surface area contributed by atoms with E-state index >= 15 is 0 Å². The number of aromatic nitrogens is 4. The lowest BCUT2D eigenvalue weighted by Crippen LogP contribution is -2.44. The molecular weight excluding hydrogens is 385 g/mol. The number of carbonyl (C=O) groups is 1. The quantitative estimate of drug-likeness (QED) is 0.674. The molecule has 0 spiro atoms. The fraction of sp³-hybridized carbons (Fsp3) is 0.333. The molecular formula is C21H24FN7O. The zero-order chi connectivity index (χ0) is 21.4. The molecule has 2 aromatic heterocycles. The van der Waals surface area contributed by atoms with Crippen LogP contribution in [0.1, 0.15) is 29.3 Å². The maximum Gasteiger partial charge on any atom is 0.246 e. The van der Waals surface area contributed by atoms with Gasteiger partial charge in [-0.05, 0) is 44.0 Å². The number of rotatable bonds is 5. The summed E-state index contributed by atoms with van der Waals surface area (Å²) >= 11 is 0. The van der Waals surface area contributed by atoms with Crippen LogP contribution in [-0.4, -0.2) is 38.7 Å². The van der Waals surface area contributed by atoms with Crippen LogP contribution in [-0.2, 0) is 17.9 Å². The Bertz CT molecular complexity index is 1110. The second-order valence-corrected chi connectivity index (χ2v) is 7.58. The molecule has 156 valence electrons. The lowest BCUT2D eigenvalue weighted by Gasteiger charge is -2.32. The summed E-state index contributed by atoms with van der Waals surface area (Å²) in [6.07, 6.45) is 3.72. The number of hydrogen-bond donors (Lipinski definition) is 2. The van der Waals surface area contributed by atoms with Gasteiger partial charge in [0.2, 0.25) is 11.9 Å². The fourth-order valence-corrected chi connectivity index (χ4v) is 3.40. The lowest BCUT2D eigenvalue weighted by atomic mass is 10.1. The molecule has 1 aliphatic rings. The summed E-state index contributed by atoms with van der Waals surface area (Å²) in [6.45, 7) is 6.65. The van der Waals surface area contributed by atoms with Crippen LogP contribution < -0.4 is 15.5 Å². The van der Waals surface area contributed by atoms with E-state index in [1.165, 1.54) is 12.1 Å². The molecule has 1 aliphatic heterocycles. The number of fused-ring (bicyclic) bond motifs is 1. The molecule has 0 saturated carbocycles. The summed E-state index contributed by atoms with van der Waals surface area (Å²) < 4.78 is 15.1. The average molecular weight is 409 g/mol. The van der Waals surface area contributed by atoms with Crippen molar-refractivity contribution in [2.75, 3.05) is 22.6 Å². The molecule has 0 bridgehead atoms. The van der Waals surface area contributed by atoms with Gasteiger partial charge in [-0.3, -0.25) is 9.48 Å². The van der Waals surface area contributed by atoms with Crippen LogP contribution in [0.4, 0.5) is 21.8 Å². The molecule has 0 saturated heterocycles. The first-order chi connectivity index (χ1) is 14.3. The Balaban J connectivity index is 1.46. The summed E-state index contributed by atoms with van der Waals surface area (Å²) in [7, 11) is 1.85. The minimum atomic E-state index is -0.298. The number of halogens is 1. The lowest BCUT2D eigenvalue weighted by molar-refractivity contribution is -0.117. The van der Waals surface area contributed by atoms with Crippen molar-refractivity contribution in [2.45, 2.75) is 39.9 Å². The van der Waals surface area contributed by atoms with Crippen LogP contribution in [0, 0.1) is 19.7 Å². The zero-order valence-corrected chi connectivity index (χ0v) is 17.4. The zero-order valence-electron chi connectivity index (χ0n) is 17.4. The number of amides is 1. The summed E-state index contributed by atoms with van der Waals surface area (Å²) in [5, 5.41) is 10.5. The van der Waals surface area contributed by atoms with Crippen LogP contribution >= 0.6 is 0 Å². The van der Waals surface area contributed by atoms with E-state index in [1.54, 1.807) is 12.3 Å². The monoisotopic (exact) mass is 409 g/mol. The number of nitrogens with zero attached hydrogens (tertiary/aromatic N) is 5. The molecule has 3 aromatic rings. The molecule has 0 aliphatic carbocycles. The van der Waals surface area contributed by atoms with Crippen molar-refractivity contribution in [3.8, 4) is 0 Å². The Hall–Kier alpha value is -3.49. The Morgan fingerprint density at radius 3 is 2.83 bits per heavy atom. The first kappa shape index (κ1) is 19.8. The first-order valence-corrected chi connectivity index (χ1v) is 9.74. The minimum absolute atomic E-state index is 0.0683. The molecule has 9 heteroatoms. The number of hydrogen-bond acceptors (Lipinski definition) is 6. The second-order valence-electron chi connectivity index (χ2n) is 7.58. The molecule has 3 heterocycles. The number of likely N-dealkylation sites (N-methyl/N-ethyl adjacent to an activating group) is 1. The minimum Gasteiger partial charge on any atom is -0.350 e. The van der Waals surface area contributed by atoms with E-state index in [-0.39, 0.29) is 17.8 Å². The van der Waals surface area contributed by atoms with Gasteiger partial charge in [0.25, 0.3) is 0 Å². The summed E-state index contributed by atoms with van der Waals surface area (Å²) in [6, 6.07) is 4.47. The third-order valence-electron chi connectivity index (χ3n) is 5.39. The predicted molar refractivity (Wildman–Crippen MR) is 113 cm³/mol. The molecule has 8 nitrogen and oxygen atoms in total. The number of anilines is 3. The highest BCUT2D eigenvalue weighted by Gasteiger charge is 2.30. The molecule has 1 amide bonds. The molecule has 2 N–H and O–H groups in total. The highest BCUT2D eigenvalue weighted by molar-refractivity contribution is 6.03. The second kappa shape index (κ2) is 7.74. The normalized spacial score (nSPS) is 15.7. The SMILES string of the molecule is Cc1cc(F)ccc1Cn1cc(CNc2nc(C)c3c(n2)N(C)[C@@H](C)C(=O)N3)cn1. The average Bonchev–Trinajstić information content (AvgIpc) is 3.15. The molecule has 30 heavy (non-hydrogen) atoms. The van der Waals surface area contributed by atoms with Crippen molar-refractivity contribution in [3.05, 3.63) is 58.8 Å². The van der Waals surface area contributed by atoms with Gasteiger partial charge in [-0.2, -0.15) is 10.1 Å². The van der Waals surface area contributed by atoms with Crippen LogP contribution in [0.2, 0.25) is 0 Å². The highest BCUT2D eigenvalue weighted by Crippen LogP contribution is 2.32. The molecule has 0 radical (unpaired) electrons. The van der Waals surface area contributed by atoms with Gasteiger partial charge in [0.1, 0.15) is 17.5 Å². The largest absolute Gasteiger partial charge is 0.350 e. The van der Waals surface area contributed by atoms with Crippen LogP contribution in [0.15, 0.2) is 30.6 Å². The third-order valence-corrected chi connectivity index (χ3v) is 5.39. The van der Waals surface area contributed by atoms with Crippen molar-refractivity contribution < 1.29 is 9.18 Å². The Morgan fingerprint density at radius 2 is 2.07 bits per heavy atom. The van der Waals surface area contributed by atoms with E-state index < -0.39 is 0 Å². The van der Waals surface area contributed by atoms with E-state index in [0.29, 0.717) is 36.2 Å². The van der Waals surface area contributed by atoms with Crippen molar-refractivity contribution in [1.29, 1.82) is 0 Å². The van der Waals surface area contributed by atoms with E-state index in [4.69, 9.17) is 0 Å². The first-order valence-electron chi connectivity index (χ1n) is 9.74. The maximum atomic E-state index is 13.3. The maximum absolute atomic E-state index is 13.3. The fourth-order valence-electron chi connectivity index (χ4n) is 3.40.